The lowest BCUT2D eigenvalue weighted by Crippen LogP contribution is -2.45. The zero-order valence-electron chi connectivity index (χ0n) is 13.4. The van der Waals surface area contributed by atoms with E-state index in [0.29, 0.717) is 17.1 Å². The van der Waals surface area contributed by atoms with Gasteiger partial charge in [0.05, 0.1) is 0 Å². The molecule has 0 aliphatic heterocycles. The minimum absolute atomic E-state index is 0.313. The molecular weight excluding hydrogens is 226 g/mol. The average molecular weight is 260 g/mol. The topological polar surface area (TPSA) is 12.5 Å². The maximum Gasteiger partial charge on any atom is 0.192 e. The van der Waals surface area contributed by atoms with Gasteiger partial charge in [0.25, 0.3) is 0 Å². The van der Waals surface area contributed by atoms with Gasteiger partial charge in [-0.1, -0.05) is 20.8 Å². The molecule has 0 N–H and O–H groups in total. The van der Waals surface area contributed by atoms with Crippen molar-refractivity contribution in [3.05, 3.63) is 0 Å². The molecule has 2 nitrogen and oxygen atoms in total. The molecule has 0 unspecified atom stereocenters. The molecule has 0 atom stereocenters. The molecule has 0 aliphatic rings. The van der Waals surface area contributed by atoms with E-state index in [1.165, 1.54) is 0 Å². The molecule has 0 fully saturated rings. The van der Waals surface area contributed by atoms with Crippen LogP contribution in [0.5, 0.6) is 0 Å². The Balaban J connectivity index is 4.22. The highest BCUT2D eigenvalue weighted by molar-refractivity contribution is 6.74. The van der Waals surface area contributed by atoms with Crippen LogP contribution in [0.4, 0.5) is 0 Å². The van der Waals surface area contributed by atoms with Gasteiger partial charge in [-0.3, -0.25) is 4.90 Å². The predicted molar refractivity (Wildman–Crippen MR) is 80.1 cm³/mol. The Morgan fingerprint density at radius 3 is 1.71 bits per heavy atom. The summed E-state index contributed by atoms with van der Waals surface area (Å²) in [6, 6.07) is 1.19. The van der Waals surface area contributed by atoms with E-state index in [9.17, 15) is 0 Å². The first kappa shape index (κ1) is 17.1. The van der Waals surface area contributed by atoms with Crippen molar-refractivity contribution in [2.24, 2.45) is 0 Å². The summed E-state index contributed by atoms with van der Waals surface area (Å²) >= 11 is 0. The van der Waals surface area contributed by atoms with E-state index in [-0.39, 0.29) is 0 Å². The fourth-order valence-corrected chi connectivity index (χ4v) is 2.77. The first-order valence-corrected chi connectivity index (χ1v) is 9.79. The van der Waals surface area contributed by atoms with Crippen LogP contribution in [-0.2, 0) is 4.43 Å². The quantitative estimate of drug-likeness (QED) is 0.665. The Morgan fingerprint density at radius 1 is 1.00 bits per heavy atom. The van der Waals surface area contributed by atoms with E-state index in [0.717, 1.165) is 13.2 Å². The van der Waals surface area contributed by atoms with Crippen LogP contribution in [0.1, 0.15) is 48.5 Å². The van der Waals surface area contributed by atoms with Crippen molar-refractivity contribution in [2.75, 3.05) is 13.2 Å². The third kappa shape index (κ3) is 5.54. The Hall–Kier alpha value is 0.137. The van der Waals surface area contributed by atoms with E-state index >= 15 is 0 Å². The second kappa shape index (κ2) is 6.35. The molecule has 0 spiro atoms. The smallest absolute Gasteiger partial charge is 0.192 e. The Kier molecular flexibility index (Phi) is 6.40. The fraction of sp³-hybridized carbons (Fsp3) is 1.00. The molecular formula is C14H33NOSi. The highest BCUT2D eigenvalue weighted by Gasteiger charge is 2.37. The summed E-state index contributed by atoms with van der Waals surface area (Å²) in [5, 5.41) is 0.313. The number of rotatable bonds is 6. The number of hydrogen-bond donors (Lipinski definition) is 0. The van der Waals surface area contributed by atoms with Gasteiger partial charge in [0, 0.05) is 25.2 Å². The van der Waals surface area contributed by atoms with Gasteiger partial charge in [-0.2, -0.15) is 0 Å². The predicted octanol–water partition coefficient (Wildman–Crippen LogP) is 4.13. The van der Waals surface area contributed by atoms with Gasteiger partial charge in [0.15, 0.2) is 8.32 Å². The molecule has 0 saturated heterocycles. The molecule has 3 heteroatoms. The third-order valence-corrected chi connectivity index (χ3v) is 8.48. The zero-order valence-corrected chi connectivity index (χ0v) is 14.4. The molecule has 0 aliphatic carbocycles. The van der Waals surface area contributed by atoms with Gasteiger partial charge in [-0.05, 0) is 45.8 Å². The maximum atomic E-state index is 6.22. The van der Waals surface area contributed by atoms with Crippen LogP contribution in [-0.4, -0.2) is 38.5 Å². The first-order chi connectivity index (χ1) is 7.49. The minimum atomic E-state index is -1.57. The summed E-state index contributed by atoms with van der Waals surface area (Å²) in [6.45, 7) is 22.5. The maximum absolute atomic E-state index is 6.22. The molecule has 0 aromatic heterocycles. The SMILES string of the molecule is CC(C)N(CCO[Si](C)(C)C(C)(C)C)C(C)C. The van der Waals surface area contributed by atoms with E-state index in [1.807, 2.05) is 0 Å². The Morgan fingerprint density at radius 2 is 1.41 bits per heavy atom. The van der Waals surface area contributed by atoms with E-state index in [4.69, 9.17) is 4.43 Å². The molecule has 0 amide bonds. The molecule has 0 saturated carbocycles. The standard InChI is InChI=1S/C14H33NOSi/c1-12(2)15(13(3)4)10-11-16-17(8,9)14(5,6)7/h12-13H,10-11H2,1-9H3. The highest BCUT2D eigenvalue weighted by Crippen LogP contribution is 2.36. The van der Waals surface area contributed by atoms with Crippen LogP contribution in [0, 0.1) is 0 Å². The van der Waals surface area contributed by atoms with E-state index in [2.05, 4.69) is 66.5 Å². The Bertz CT molecular complexity index is 211. The van der Waals surface area contributed by atoms with Gasteiger partial charge in [0.2, 0.25) is 0 Å². The van der Waals surface area contributed by atoms with Gasteiger partial charge >= 0.3 is 0 Å². The van der Waals surface area contributed by atoms with Crippen LogP contribution in [0.3, 0.4) is 0 Å². The van der Waals surface area contributed by atoms with Crippen molar-refractivity contribution in [2.45, 2.75) is 78.7 Å². The Labute approximate surface area is 110 Å². The molecule has 0 aromatic rings. The van der Waals surface area contributed by atoms with Crippen LogP contribution in [0.2, 0.25) is 18.1 Å². The molecule has 104 valence electrons. The van der Waals surface area contributed by atoms with Gasteiger partial charge in [0.1, 0.15) is 0 Å². The number of nitrogens with zero attached hydrogens (tertiary/aromatic N) is 1. The molecule has 17 heavy (non-hydrogen) atoms. The van der Waals surface area contributed by atoms with Crippen LogP contribution >= 0.6 is 0 Å². The molecule has 0 aromatic carbocycles. The summed E-state index contributed by atoms with van der Waals surface area (Å²) < 4.78 is 6.22. The lowest BCUT2D eigenvalue weighted by Gasteiger charge is -2.38. The zero-order chi connectivity index (χ0) is 13.9. The van der Waals surface area contributed by atoms with Crippen LogP contribution < -0.4 is 0 Å². The summed E-state index contributed by atoms with van der Waals surface area (Å²) in [4.78, 5) is 2.49. The third-order valence-electron chi connectivity index (χ3n) is 3.95. The van der Waals surface area contributed by atoms with Crippen LogP contribution in [0.15, 0.2) is 0 Å². The van der Waals surface area contributed by atoms with Crippen molar-refractivity contribution < 1.29 is 4.43 Å². The van der Waals surface area contributed by atoms with E-state index in [1.54, 1.807) is 0 Å². The summed E-state index contributed by atoms with van der Waals surface area (Å²) in [7, 11) is -1.57. The summed E-state index contributed by atoms with van der Waals surface area (Å²) in [5.74, 6) is 0. The lowest BCUT2D eigenvalue weighted by atomic mass is 10.2. The normalized spacial score (nSPS) is 14.1. The monoisotopic (exact) mass is 259 g/mol. The minimum Gasteiger partial charge on any atom is -0.416 e. The molecule has 0 radical (unpaired) electrons. The fourth-order valence-electron chi connectivity index (χ4n) is 1.74. The van der Waals surface area contributed by atoms with Gasteiger partial charge in [-0.25, -0.2) is 0 Å². The van der Waals surface area contributed by atoms with Crippen LogP contribution in [0.25, 0.3) is 0 Å². The molecule has 0 bridgehead atoms. The number of hydrogen-bond acceptors (Lipinski definition) is 2. The van der Waals surface area contributed by atoms with Gasteiger partial charge in [-0.15, -0.1) is 0 Å². The second-order valence-corrected chi connectivity index (χ2v) is 11.8. The highest BCUT2D eigenvalue weighted by atomic mass is 28.4. The van der Waals surface area contributed by atoms with E-state index < -0.39 is 8.32 Å². The first-order valence-electron chi connectivity index (χ1n) is 6.88. The summed E-state index contributed by atoms with van der Waals surface area (Å²) in [6.07, 6.45) is 0. The van der Waals surface area contributed by atoms with Crippen molar-refractivity contribution in [1.29, 1.82) is 0 Å². The lowest BCUT2D eigenvalue weighted by molar-refractivity contribution is 0.136. The average Bonchev–Trinajstić information content (AvgIpc) is 2.08. The largest absolute Gasteiger partial charge is 0.416 e. The van der Waals surface area contributed by atoms with Crippen molar-refractivity contribution >= 4 is 8.32 Å². The van der Waals surface area contributed by atoms with Crippen molar-refractivity contribution in [3.8, 4) is 0 Å². The molecule has 0 rings (SSSR count). The second-order valence-electron chi connectivity index (χ2n) is 7.03. The van der Waals surface area contributed by atoms with Gasteiger partial charge < -0.3 is 4.43 Å². The summed E-state index contributed by atoms with van der Waals surface area (Å²) in [5.41, 5.74) is 0. The molecule has 0 heterocycles. The van der Waals surface area contributed by atoms with Crippen molar-refractivity contribution in [3.63, 3.8) is 0 Å². The van der Waals surface area contributed by atoms with Crippen molar-refractivity contribution in [1.82, 2.24) is 4.90 Å².